The van der Waals surface area contributed by atoms with Gasteiger partial charge in [0.25, 0.3) is 0 Å². The molecule has 29 heavy (non-hydrogen) atoms. The van der Waals surface area contributed by atoms with Crippen molar-refractivity contribution < 1.29 is 19.7 Å². The molecular formula is C24H41NO4. The average Bonchev–Trinajstić information content (AvgIpc) is 2.75. The van der Waals surface area contributed by atoms with Gasteiger partial charge in [0.05, 0.1) is 24.2 Å². The lowest BCUT2D eigenvalue weighted by Crippen LogP contribution is -2.57. The summed E-state index contributed by atoms with van der Waals surface area (Å²) < 4.78 is 6.34. The molecule has 0 aromatic heterocycles. The highest BCUT2D eigenvalue weighted by Gasteiger charge is 2.48. The average molecular weight is 408 g/mol. The van der Waals surface area contributed by atoms with Crippen molar-refractivity contribution in [3.8, 4) is 0 Å². The van der Waals surface area contributed by atoms with Crippen LogP contribution in [0.3, 0.4) is 0 Å². The molecule has 5 heteroatoms. The number of ether oxygens (including phenoxy) is 1. The van der Waals surface area contributed by atoms with E-state index in [-0.39, 0.29) is 24.3 Å². The Morgan fingerprint density at radius 1 is 0.931 bits per heavy atom. The number of aliphatic hydroxyl groups excluding tert-OH is 2. The maximum atomic E-state index is 13.6. The van der Waals surface area contributed by atoms with Crippen molar-refractivity contribution in [2.75, 3.05) is 19.7 Å². The van der Waals surface area contributed by atoms with E-state index in [1.807, 2.05) is 11.8 Å². The molecule has 0 aromatic rings. The maximum Gasteiger partial charge on any atom is 0.230 e. The van der Waals surface area contributed by atoms with Crippen molar-refractivity contribution in [2.45, 2.75) is 95.9 Å². The van der Waals surface area contributed by atoms with Crippen LogP contribution in [0.5, 0.6) is 0 Å². The smallest absolute Gasteiger partial charge is 0.230 e. The Hall–Kier alpha value is -0.650. The Morgan fingerprint density at radius 3 is 2.38 bits per heavy atom. The van der Waals surface area contributed by atoms with E-state index in [1.165, 1.54) is 57.8 Å². The molecule has 1 heterocycles. The van der Waals surface area contributed by atoms with Crippen LogP contribution in [-0.4, -0.2) is 59.0 Å². The highest BCUT2D eigenvalue weighted by atomic mass is 16.5. The van der Waals surface area contributed by atoms with Gasteiger partial charge in [-0.3, -0.25) is 4.79 Å². The molecule has 166 valence electrons. The van der Waals surface area contributed by atoms with Crippen LogP contribution >= 0.6 is 0 Å². The van der Waals surface area contributed by atoms with Crippen LogP contribution in [0, 0.1) is 29.6 Å². The lowest BCUT2D eigenvalue weighted by Gasteiger charge is -2.46. The van der Waals surface area contributed by atoms with Gasteiger partial charge in [-0.15, -0.1) is 0 Å². The summed E-state index contributed by atoms with van der Waals surface area (Å²) in [4.78, 5) is 15.6. The van der Waals surface area contributed by atoms with Crippen molar-refractivity contribution >= 4 is 5.91 Å². The van der Waals surface area contributed by atoms with E-state index in [0.717, 1.165) is 25.4 Å². The first-order valence-electron chi connectivity index (χ1n) is 12.3. The number of likely N-dealkylation sites (tertiary alicyclic amines) is 1. The lowest BCUT2D eigenvalue weighted by atomic mass is 9.73. The second-order valence-electron chi connectivity index (χ2n) is 10.4. The standard InChI is InChI=1S/C24H41NO4/c1-16-20(26)13-21(27)22(23(16)29-15-17-7-3-2-4-8-17)24(28)25-12-11-18-9-5-6-10-19(18)14-25/h16-23,26-27H,2-15H2,1H3. The summed E-state index contributed by atoms with van der Waals surface area (Å²) in [6, 6.07) is 0. The normalized spacial score (nSPS) is 41.8. The van der Waals surface area contributed by atoms with Crippen molar-refractivity contribution in [3.63, 3.8) is 0 Å². The summed E-state index contributed by atoms with van der Waals surface area (Å²) in [6.07, 6.45) is 11.0. The molecular weight excluding hydrogens is 366 g/mol. The Labute approximate surface area is 176 Å². The third-order valence-electron chi connectivity index (χ3n) is 8.51. The highest BCUT2D eigenvalue weighted by Crippen LogP contribution is 2.39. The summed E-state index contributed by atoms with van der Waals surface area (Å²) in [6.45, 7) is 4.30. The molecule has 0 radical (unpaired) electrons. The Morgan fingerprint density at radius 2 is 1.62 bits per heavy atom. The molecule has 4 fully saturated rings. The third kappa shape index (κ3) is 4.83. The largest absolute Gasteiger partial charge is 0.393 e. The number of carbonyl (C=O) groups is 1. The van der Waals surface area contributed by atoms with Crippen molar-refractivity contribution in [1.29, 1.82) is 0 Å². The quantitative estimate of drug-likeness (QED) is 0.750. The molecule has 7 unspecified atom stereocenters. The molecule has 0 spiro atoms. The van der Waals surface area contributed by atoms with Crippen LogP contribution in [0.15, 0.2) is 0 Å². The Bertz CT molecular complexity index is 549. The van der Waals surface area contributed by atoms with E-state index in [4.69, 9.17) is 4.74 Å². The van der Waals surface area contributed by atoms with Crippen LogP contribution < -0.4 is 0 Å². The van der Waals surface area contributed by atoms with Gasteiger partial charge in [0, 0.05) is 32.0 Å². The zero-order chi connectivity index (χ0) is 20.4. The van der Waals surface area contributed by atoms with Crippen LogP contribution in [0.25, 0.3) is 0 Å². The number of hydrogen-bond acceptors (Lipinski definition) is 4. The predicted molar refractivity (Wildman–Crippen MR) is 112 cm³/mol. The third-order valence-corrected chi connectivity index (χ3v) is 8.51. The number of piperidine rings is 1. The second kappa shape index (κ2) is 9.65. The van der Waals surface area contributed by atoms with Gasteiger partial charge in [-0.1, -0.05) is 45.4 Å². The first-order valence-corrected chi connectivity index (χ1v) is 12.3. The molecule has 3 aliphatic carbocycles. The van der Waals surface area contributed by atoms with Gasteiger partial charge in [-0.2, -0.15) is 0 Å². The molecule has 3 saturated carbocycles. The number of carbonyl (C=O) groups excluding carboxylic acids is 1. The number of hydrogen-bond donors (Lipinski definition) is 2. The van der Waals surface area contributed by atoms with Crippen LogP contribution in [-0.2, 0) is 9.53 Å². The summed E-state index contributed by atoms with van der Waals surface area (Å²) >= 11 is 0. The minimum atomic E-state index is -0.811. The van der Waals surface area contributed by atoms with E-state index < -0.39 is 18.1 Å². The fraction of sp³-hybridized carbons (Fsp3) is 0.958. The Balaban J connectivity index is 1.43. The minimum Gasteiger partial charge on any atom is -0.393 e. The predicted octanol–water partition coefficient (Wildman–Crippen LogP) is 3.37. The number of aliphatic hydroxyl groups is 2. The molecule has 7 atom stereocenters. The molecule has 0 aromatic carbocycles. The van der Waals surface area contributed by atoms with E-state index >= 15 is 0 Å². The molecule has 4 rings (SSSR count). The van der Waals surface area contributed by atoms with E-state index in [2.05, 4.69) is 0 Å². The molecule has 2 N–H and O–H groups in total. The van der Waals surface area contributed by atoms with E-state index in [9.17, 15) is 15.0 Å². The van der Waals surface area contributed by atoms with E-state index in [1.54, 1.807) is 0 Å². The van der Waals surface area contributed by atoms with Gasteiger partial charge in [0.15, 0.2) is 0 Å². The Kier molecular flexibility index (Phi) is 7.18. The van der Waals surface area contributed by atoms with Crippen LogP contribution in [0.1, 0.15) is 77.6 Å². The monoisotopic (exact) mass is 407 g/mol. The van der Waals surface area contributed by atoms with Crippen LogP contribution in [0.4, 0.5) is 0 Å². The SMILES string of the molecule is CC1C(O)CC(O)C(C(=O)N2CCC3CCCCC3C2)C1OCC1CCCCC1. The molecule has 1 saturated heterocycles. The van der Waals surface area contributed by atoms with Crippen molar-refractivity contribution in [2.24, 2.45) is 29.6 Å². The molecule has 1 amide bonds. The van der Waals surface area contributed by atoms with E-state index in [0.29, 0.717) is 18.4 Å². The van der Waals surface area contributed by atoms with Gasteiger partial charge >= 0.3 is 0 Å². The van der Waals surface area contributed by atoms with Crippen LogP contribution in [0.2, 0.25) is 0 Å². The van der Waals surface area contributed by atoms with Crippen molar-refractivity contribution in [1.82, 2.24) is 4.90 Å². The maximum absolute atomic E-state index is 13.6. The zero-order valence-electron chi connectivity index (χ0n) is 18.2. The highest BCUT2D eigenvalue weighted by molar-refractivity contribution is 5.80. The van der Waals surface area contributed by atoms with Gasteiger partial charge in [0.2, 0.25) is 5.91 Å². The summed E-state index contributed by atoms with van der Waals surface area (Å²) in [5.74, 6) is 1.38. The van der Waals surface area contributed by atoms with Gasteiger partial charge in [-0.25, -0.2) is 0 Å². The first-order chi connectivity index (χ1) is 14.0. The van der Waals surface area contributed by atoms with Gasteiger partial charge in [0.1, 0.15) is 0 Å². The fourth-order valence-electron chi connectivity index (χ4n) is 6.55. The molecule has 0 bridgehead atoms. The second-order valence-corrected chi connectivity index (χ2v) is 10.4. The van der Waals surface area contributed by atoms with Gasteiger partial charge < -0.3 is 19.8 Å². The lowest BCUT2D eigenvalue weighted by molar-refractivity contribution is -0.172. The fourth-order valence-corrected chi connectivity index (χ4v) is 6.55. The molecule has 5 nitrogen and oxygen atoms in total. The first kappa shape index (κ1) is 21.6. The number of fused-ring (bicyclic) bond motifs is 1. The molecule has 4 aliphatic rings. The number of rotatable bonds is 4. The zero-order valence-corrected chi connectivity index (χ0v) is 18.2. The van der Waals surface area contributed by atoms with Gasteiger partial charge in [-0.05, 0) is 43.4 Å². The van der Waals surface area contributed by atoms with Crippen molar-refractivity contribution in [3.05, 3.63) is 0 Å². The number of nitrogens with zero attached hydrogens (tertiary/aromatic N) is 1. The summed E-state index contributed by atoms with van der Waals surface area (Å²) in [5.41, 5.74) is 0. The number of amides is 1. The summed E-state index contributed by atoms with van der Waals surface area (Å²) in [5, 5.41) is 21.3. The minimum absolute atomic E-state index is 0.0638. The summed E-state index contributed by atoms with van der Waals surface area (Å²) in [7, 11) is 0. The molecule has 1 aliphatic heterocycles. The topological polar surface area (TPSA) is 70.0 Å².